The molecule has 106 valence electrons. The van der Waals surface area contributed by atoms with E-state index in [0.717, 1.165) is 5.56 Å². The summed E-state index contributed by atoms with van der Waals surface area (Å²) in [5, 5.41) is 2.75. The van der Waals surface area contributed by atoms with E-state index in [4.69, 9.17) is 0 Å². The van der Waals surface area contributed by atoms with Crippen LogP contribution in [0.3, 0.4) is 0 Å². The van der Waals surface area contributed by atoms with Gasteiger partial charge in [-0.15, -0.1) is 0 Å². The molecule has 5 heteroatoms. The number of thioether (sulfide) groups is 1. The van der Waals surface area contributed by atoms with Crippen LogP contribution in [-0.2, 0) is 14.4 Å². The summed E-state index contributed by atoms with van der Waals surface area (Å²) in [6.07, 6.45) is 3.72. The predicted molar refractivity (Wildman–Crippen MR) is 82.5 cm³/mol. The minimum Gasteiger partial charge on any atom is -0.326 e. The van der Waals surface area contributed by atoms with Crippen LogP contribution in [0.4, 0.5) is 5.69 Å². The fraction of sp³-hybridized carbons (Fsp3) is 0.267. The lowest BCUT2D eigenvalue weighted by atomic mass is 10.2. The Hall–Kier alpha value is -1.88. The van der Waals surface area contributed by atoms with Gasteiger partial charge in [0.1, 0.15) is 5.78 Å². The molecule has 0 atom stereocenters. The van der Waals surface area contributed by atoms with Crippen LogP contribution < -0.4 is 5.32 Å². The molecule has 0 bridgehead atoms. The van der Waals surface area contributed by atoms with Gasteiger partial charge in [-0.25, -0.2) is 0 Å². The first kappa shape index (κ1) is 16.2. The Morgan fingerprint density at radius 2 is 1.80 bits per heavy atom. The van der Waals surface area contributed by atoms with Gasteiger partial charge in [-0.2, -0.15) is 0 Å². The number of benzene rings is 1. The van der Waals surface area contributed by atoms with Gasteiger partial charge < -0.3 is 5.32 Å². The topological polar surface area (TPSA) is 63.2 Å². The minimum absolute atomic E-state index is 0.0955. The standard InChI is InChI=1S/C15H17NO3S/c1-11(17)10-15(19)16-14-7-5-13(6-8-14)4-3-9-20-12(2)18/h3-8H,9-10H2,1-2H3,(H,16,19). The monoisotopic (exact) mass is 291 g/mol. The third-order valence-electron chi connectivity index (χ3n) is 2.30. The van der Waals surface area contributed by atoms with E-state index in [1.54, 1.807) is 12.1 Å². The van der Waals surface area contributed by atoms with Crippen molar-refractivity contribution < 1.29 is 14.4 Å². The number of hydrogen-bond acceptors (Lipinski definition) is 4. The van der Waals surface area contributed by atoms with Crippen LogP contribution in [0.15, 0.2) is 30.3 Å². The fourth-order valence-electron chi connectivity index (χ4n) is 1.46. The molecule has 0 saturated heterocycles. The lowest BCUT2D eigenvalue weighted by Gasteiger charge is -2.04. The van der Waals surface area contributed by atoms with Crippen LogP contribution in [0.1, 0.15) is 25.8 Å². The van der Waals surface area contributed by atoms with Crippen molar-refractivity contribution in [2.24, 2.45) is 0 Å². The molecule has 1 N–H and O–H groups in total. The van der Waals surface area contributed by atoms with Crippen LogP contribution in [0.2, 0.25) is 0 Å². The Morgan fingerprint density at radius 3 is 2.35 bits per heavy atom. The van der Waals surface area contributed by atoms with E-state index in [1.165, 1.54) is 25.6 Å². The zero-order valence-corrected chi connectivity index (χ0v) is 12.3. The van der Waals surface area contributed by atoms with Crippen molar-refractivity contribution in [3.05, 3.63) is 35.9 Å². The molecule has 0 aromatic heterocycles. The number of ketones is 1. The highest BCUT2D eigenvalue weighted by atomic mass is 32.2. The smallest absolute Gasteiger partial charge is 0.231 e. The molecule has 0 saturated carbocycles. The molecule has 0 aliphatic carbocycles. The highest BCUT2D eigenvalue weighted by Crippen LogP contribution is 2.12. The van der Waals surface area contributed by atoms with Gasteiger partial charge in [0.2, 0.25) is 5.91 Å². The highest BCUT2D eigenvalue weighted by molar-refractivity contribution is 8.13. The Labute approximate surface area is 122 Å². The van der Waals surface area contributed by atoms with Crippen molar-refractivity contribution in [3.8, 4) is 0 Å². The number of carbonyl (C=O) groups is 3. The van der Waals surface area contributed by atoms with Crippen LogP contribution in [-0.4, -0.2) is 22.6 Å². The van der Waals surface area contributed by atoms with E-state index in [1.807, 2.05) is 24.3 Å². The number of hydrogen-bond donors (Lipinski definition) is 1. The Kier molecular flexibility index (Phi) is 6.73. The van der Waals surface area contributed by atoms with E-state index in [0.29, 0.717) is 11.4 Å². The van der Waals surface area contributed by atoms with Crippen LogP contribution >= 0.6 is 11.8 Å². The normalized spacial score (nSPS) is 10.5. The van der Waals surface area contributed by atoms with E-state index in [-0.39, 0.29) is 23.2 Å². The second-order valence-electron chi connectivity index (χ2n) is 4.25. The molecule has 0 aliphatic rings. The number of Topliss-reactive ketones (excluding diaryl/α,β-unsaturated/α-hetero) is 1. The summed E-state index contributed by atoms with van der Waals surface area (Å²) >= 11 is 1.25. The summed E-state index contributed by atoms with van der Waals surface area (Å²) in [4.78, 5) is 32.9. The summed E-state index contributed by atoms with van der Waals surface area (Å²) in [6, 6.07) is 7.27. The molecule has 1 aromatic rings. The summed E-state index contributed by atoms with van der Waals surface area (Å²) in [5.41, 5.74) is 1.64. The van der Waals surface area contributed by atoms with Gasteiger partial charge in [0.05, 0.1) is 6.42 Å². The first-order valence-electron chi connectivity index (χ1n) is 6.16. The number of amides is 1. The first-order valence-corrected chi connectivity index (χ1v) is 7.15. The summed E-state index contributed by atoms with van der Waals surface area (Å²) in [6.45, 7) is 2.92. The lowest BCUT2D eigenvalue weighted by molar-refractivity contribution is -0.124. The Morgan fingerprint density at radius 1 is 1.15 bits per heavy atom. The van der Waals surface area contributed by atoms with Crippen molar-refractivity contribution in [1.82, 2.24) is 0 Å². The molecule has 0 heterocycles. The second-order valence-corrected chi connectivity index (χ2v) is 5.45. The van der Waals surface area contributed by atoms with Crippen LogP contribution in [0, 0.1) is 0 Å². The van der Waals surface area contributed by atoms with Crippen LogP contribution in [0.25, 0.3) is 6.08 Å². The van der Waals surface area contributed by atoms with E-state index in [9.17, 15) is 14.4 Å². The molecule has 0 aliphatic heterocycles. The number of rotatable bonds is 6. The van der Waals surface area contributed by atoms with E-state index >= 15 is 0 Å². The summed E-state index contributed by atoms with van der Waals surface area (Å²) in [5.74, 6) is 0.176. The quantitative estimate of drug-likeness (QED) is 0.819. The molecule has 4 nitrogen and oxygen atoms in total. The minimum atomic E-state index is -0.307. The molecule has 0 unspecified atom stereocenters. The molecular formula is C15H17NO3S. The van der Waals surface area contributed by atoms with Gasteiger partial charge in [-0.05, 0) is 24.6 Å². The van der Waals surface area contributed by atoms with Gasteiger partial charge in [0.15, 0.2) is 5.12 Å². The largest absolute Gasteiger partial charge is 0.326 e. The first-order chi connectivity index (χ1) is 9.47. The van der Waals surface area contributed by atoms with Crippen molar-refractivity contribution in [2.45, 2.75) is 20.3 Å². The average molecular weight is 291 g/mol. The maximum Gasteiger partial charge on any atom is 0.231 e. The zero-order valence-electron chi connectivity index (χ0n) is 11.5. The summed E-state index contributed by atoms with van der Waals surface area (Å²) in [7, 11) is 0. The van der Waals surface area contributed by atoms with Crippen molar-refractivity contribution >= 4 is 40.3 Å². The third kappa shape index (κ3) is 6.89. The van der Waals surface area contributed by atoms with Gasteiger partial charge in [-0.1, -0.05) is 36.0 Å². The Balaban J connectivity index is 2.49. The average Bonchev–Trinajstić information content (AvgIpc) is 2.35. The van der Waals surface area contributed by atoms with Gasteiger partial charge in [-0.3, -0.25) is 14.4 Å². The molecule has 0 fully saturated rings. The molecule has 20 heavy (non-hydrogen) atoms. The van der Waals surface area contributed by atoms with Gasteiger partial charge in [0.25, 0.3) is 0 Å². The SMILES string of the molecule is CC(=O)CC(=O)Nc1ccc(C=CCSC(C)=O)cc1. The molecular weight excluding hydrogens is 274 g/mol. The zero-order chi connectivity index (χ0) is 15.0. The van der Waals surface area contributed by atoms with Crippen LogP contribution in [0.5, 0.6) is 0 Å². The number of anilines is 1. The summed E-state index contributed by atoms with van der Waals surface area (Å²) < 4.78 is 0. The lowest BCUT2D eigenvalue weighted by Crippen LogP contribution is -2.14. The maximum atomic E-state index is 11.4. The predicted octanol–water partition coefficient (Wildman–Crippen LogP) is 2.90. The van der Waals surface area contributed by atoms with E-state index in [2.05, 4.69) is 5.32 Å². The molecule has 1 rings (SSSR count). The van der Waals surface area contributed by atoms with Crippen molar-refractivity contribution in [3.63, 3.8) is 0 Å². The number of nitrogens with one attached hydrogen (secondary N) is 1. The van der Waals surface area contributed by atoms with Gasteiger partial charge >= 0.3 is 0 Å². The second kappa shape index (κ2) is 8.32. The molecule has 1 aromatic carbocycles. The van der Waals surface area contributed by atoms with Crippen molar-refractivity contribution in [1.29, 1.82) is 0 Å². The fourth-order valence-corrected chi connectivity index (χ4v) is 1.89. The highest BCUT2D eigenvalue weighted by Gasteiger charge is 2.04. The van der Waals surface area contributed by atoms with Gasteiger partial charge in [0, 0.05) is 18.4 Å². The Bertz CT molecular complexity index is 520. The third-order valence-corrected chi connectivity index (χ3v) is 3.06. The van der Waals surface area contributed by atoms with E-state index < -0.39 is 0 Å². The van der Waals surface area contributed by atoms with Crippen molar-refractivity contribution in [2.75, 3.05) is 11.1 Å². The number of carbonyl (C=O) groups excluding carboxylic acids is 3. The molecule has 0 radical (unpaired) electrons. The maximum absolute atomic E-state index is 11.4. The molecule has 0 spiro atoms. The molecule has 1 amide bonds.